The van der Waals surface area contributed by atoms with Gasteiger partial charge in [-0.25, -0.2) is 4.79 Å². The van der Waals surface area contributed by atoms with Gasteiger partial charge < -0.3 is 9.64 Å². The van der Waals surface area contributed by atoms with E-state index in [0.29, 0.717) is 32.4 Å². The van der Waals surface area contributed by atoms with Gasteiger partial charge in [0.15, 0.2) is 0 Å². The van der Waals surface area contributed by atoms with Crippen LogP contribution in [-0.2, 0) is 11.3 Å². The molecule has 0 saturated carbocycles. The van der Waals surface area contributed by atoms with E-state index in [0.717, 1.165) is 0 Å². The van der Waals surface area contributed by atoms with E-state index in [9.17, 15) is 19.7 Å². The summed E-state index contributed by atoms with van der Waals surface area (Å²) in [6.45, 7) is 3.64. The molecule has 9 heteroatoms. The van der Waals surface area contributed by atoms with Crippen molar-refractivity contribution in [3.8, 4) is 0 Å². The molecule has 0 bridgehead atoms. The average Bonchev–Trinajstić information content (AvgIpc) is 2.78. The largest absolute Gasteiger partial charge is 0.462 e. The average molecular weight is 487 g/mol. The molecular formula is C24H20Cl2N2O5. The number of carbonyl (C=O) groups excluding carboxylic acids is 2. The number of amides is 1. The summed E-state index contributed by atoms with van der Waals surface area (Å²) in [5.41, 5.74) is 1.88. The summed E-state index contributed by atoms with van der Waals surface area (Å²) in [5.74, 6) is -0.940. The lowest BCUT2D eigenvalue weighted by Gasteiger charge is -2.24. The maximum atomic E-state index is 13.5. The Morgan fingerprint density at radius 1 is 1.00 bits per heavy atom. The van der Waals surface area contributed by atoms with Gasteiger partial charge in [-0.3, -0.25) is 14.9 Å². The van der Waals surface area contributed by atoms with E-state index in [1.54, 1.807) is 56.3 Å². The minimum Gasteiger partial charge on any atom is -0.462 e. The molecule has 0 N–H and O–H groups in total. The maximum absolute atomic E-state index is 13.5. The summed E-state index contributed by atoms with van der Waals surface area (Å²) in [4.78, 5) is 37.7. The van der Waals surface area contributed by atoms with Crippen LogP contribution in [0.3, 0.4) is 0 Å². The Hall–Kier alpha value is -3.42. The second-order valence-corrected chi connectivity index (χ2v) is 8.00. The Bertz CT molecular complexity index is 1210. The van der Waals surface area contributed by atoms with Gasteiger partial charge in [-0.15, -0.1) is 0 Å². The lowest BCUT2D eigenvalue weighted by atomic mass is 10.1. The van der Waals surface area contributed by atoms with Crippen LogP contribution >= 0.6 is 23.2 Å². The Kier molecular flexibility index (Phi) is 7.68. The zero-order valence-corrected chi connectivity index (χ0v) is 19.4. The van der Waals surface area contributed by atoms with Crippen molar-refractivity contribution in [3.05, 3.63) is 103 Å². The molecule has 170 valence electrons. The van der Waals surface area contributed by atoms with Crippen molar-refractivity contribution in [1.29, 1.82) is 0 Å². The molecule has 0 aliphatic rings. The number of ether oxygens (including phenoxy) is 1. The predicted molar refractivity (Wildman–Crippen MR) is 127 cm³/mol. The number of nitro groups is 1. The van der Waals surface area contributed by atoms with Crippen molar-refractivity contribution < 1.29 is 19.2 Å². The molecule has 1 amide bonds. The van der Waals surface area contributed by atoms with Gasteiger partial charge in [0.2, 0.25) is 0 Å². The van der Waals surface area contributed by atoms with E-state index in [2.05, 4.69) is 0 Å². The van der Waals surface area contributed by atoms with Crippen LogP contribution in [-0.4, -0.2) is 23.4 Å². The molecule has 3 aromatic rings. The predicted octanol–water partition coefficient (Wildman–Crippen LogP) is 6.23. The lowest BCUT2D eigenvalue weighted by molar-refractivity contribution is -0.385. The molecule has 0 saturated heterocycles. The smallest absolute Gasteiger partial charge is 0.338 e. The highest BCUT2D eigenvalue weighted by Crippen LogP contribution is 2.28. The van der Waals surface area contributed by atoms with Crippen molar-refractivity contribution in [2.75, 3.05) is 11.5 Å². The van der Waals surface area contributed by atoms with Gasteiger partial charge >= 0.3 is 5.97 Å². The normalized spacial score (nSPS) is 10.5. The second-order valence-electron chi connectivity index (χ2n) is 7.15. The first-order valence-electron chi connectivity index (χ1n) is 9.99. The quantitative estimate of drug-likeness (QED) is 0.224. The lowest BCUT2D eigenvalue weighted by Crippen LogP contribution is -2.30. The molecule has 0 aliphatic heterocycles. The summed E-state index contributed by atoms with van der Waals surface area (Å²) >= 11 is 12.3. The molecule has 7 nitrogen and oxygen atoms in total. The number of benzene rings is 3. The zero-order valence-electron chi connectivity index (χ0n) is 17.9. The summed E-state index contributed by atoms with van der Waals surface area (Å²) in [5, 5.41) is 12.2. The zero-order chi connectivity index (χ0) is 24.1. The molecule has 0 heterocycles. The van der Waals surface area contributed by atoms with Crippen LogP contribution < -0.4 is 4.90 Å². The Morgan fingerprint density at radius 2 is 1.67 bits per heavy atom. The Labute approximate surface area is 200 Å². The van der Waals surface area contributed by atoms with Gasteiger partial charge in [-0.1, -0.05) is 35.3 Å². The van der Waals surface area contributed by atoms with Crippen molar-refractivity contribution in [2.24, 2.45) is 0 Å². The first-order chi connectivity index (χ1) is 15.7. The molecule has 33 heavy (non-hydrogen) atoms. The minimum atomic E-state index is -0.527. The van der Waals surface area contributed by atoms with Crippen molar-refractivity contribution in [3.63, 3.8) is 0 Å². The number of esters is 1. The van der Waals surface area contributed by atoms with E-state index < -0.39 is 16.8 Å². The fraction of sp³-hybridized carbons (Fsp3) is 0.167. The SMILES string of the molecule is CCOC(=O)c1ccc(N(Cc2ccc(Cl)cc2Cl)C(=O)c2ccc(C)c([N+](=O)[O-])c2)cc1. The highest BCUT2D eigenvalue weighted by Gasteiger charge is 2.23. The number of carbonyl (C=O) groups is 2. The standard InChI is InChI=1S/C24H20Cl2N2O5/c1-3-33-24(30)16-7-10-20(11-8-16)27(14-18-6-9-19(25)13-21(18)26)23(29)17-5-4-15(2)22(12-17)28(31)32/h4-13H,3,14H2,1-2H3. The highest BCUT2D eigenvalue weighted by atomic mass is 35.5. The van der Waals surface area contributed by atoms with Crippen molar-refractivity contribution >= 4 is 46.5 Å². The monoisotopic (exact) mass is 486 g/mol. The molecular weight excluding hydrogens is 467 g/mol. The van der Waals surface area contributed by atoms with Crippen LogP contribution in [0.15, 0.2) is 60.7 Å². The molecule has 3 aromatic carbocycles. The van der Waals surface area contributed by atoms with Crippen LogP contribution in [0.25, 0.3) is 0 Å². The van der Waals surface area contributed by atoms with Gasteiger partial charge in [0.1, 0.15) is 0 Å². The van der Waals surface area contributed by atoms with E-state index in [-0.39, 0.29) is 24.4 Å². The Balaban J connectivity index is 2.03. The first kappa shape index (κ1) is 24.2. The summed E-state index contributed by atoms with van der Waals surface area (Å²) in [6.07, 6.45) is 0. The summed E-state index contributed by atoms with van der Waals surface area (Å²) in [7, 11) is 0. The molecule has 0 atom stereocenters. The van der Waals surface area contributed by atoms with E-state index in [1.165, 1.54) is 23.1 Å². The van der Waals surface area contributed by atoms with Gasteiger partial charge in [0.25, 0.3) is 11.6 Å². The summed E-state index contributed by atoms with van der Waals surface area (Å²) in [6, 6.07) is 15.6. The molecule has 0 fully saturated rings. The third kappa shape index (κ3) is 5.69. The summed E-state index contributed by atoms with van der Waals surface area (Å²) < 4.78 is 5.00. The number of hydrogen-bond donors (Lipinski definition) is 0. The number of anilines is 1. The molecule has 0 radical (unpaired) electrons. The van der Waals surface area contributed by atoms with Gasteiger partial charge in [0, 0.05) is 32.9 Å². The van der Waals surface area contributed by atoms with Crippen LogP contribution in [0.1, 0.15) is 38.8 Å². The minimum absolute atomic E-state index is 0.0786. The van der Waals surface area contributed by atoms with Crippen molar-refractivity contribution in [2.45, 2.75) is 20.4 Å². The van der Waals surface area contributed by atoms with Crippen LogP contribution in [0, 0.1) is 17.0 Å². The number of nitrogens with zero attached hydrogens (tertiary/aromatic N) is 2. The first-order valence-corrected chi connectivity index (χ1v) is 10.7. The number of aryl methyl sites for hydroxylation is 1. The molecule has 3 rings (SSSR count). The van der Waals surface area contributed by atoms with E-state index >= 15 is 0 Å². The van der Waals surface area contributed by atoms with Crippen LogP contribution in [0.4, 0.5) is 11.4 Å². The second kappa shape index (κ2) is 10.5. The fourth-order valence-corrected chi connectivity index (χ4v) is 3.66. The highest BCUT2D eigenvalue weighted by molar-refractivity contribution is 6.35. The number of halogens is 2. The Morgan fingerprint density at radius 3 is 2.27 bits per heavy atom. The fourth-order valence-electron chi connectivity index (χ4n) is 3.19. The van der Waals surface area contributed by atoms with E-state index in [1.807, 2.05) is 0 Å². The van der Waals surface area contributed by atoms with E-state index in [4.69, 9.17) is 27.9 Å². The van der Waals surface area contributed by atoms with Gasteiger partial charge in [-0.2, -0.15) is 0 Å². The van der Waals surface area contributed by atoms with Crippen LogP contribution in [0.2, 0.25) is 10.0 Å². The molecule has 0 unspecified atom stereocenters. The number of nitro benzene ring substituents is 1. The van der Waals surface area contributed by atoms with Gasteiger partial charge in [0.05, 0.1) is 23.6 Å². The molecule has 0 aromatic heterocycles. The topological polar surface area (TPSA) is 89.8 Å². The third-order valence-corrected chi connectivity index (χ3v) is 5.52. The number of hydrogen-bond acceptors (Lipinski definition) is 5. The third-order valence-electron chi connectivity index (χ3n) is 4.93. The maximum Gasteiger partial charge on any atom is 0.338 e. The molecule has 0 aliphatic carbocycles. The van der Waals surface area contributed by atoms with Gasteiger partial charge in [-0.05, 0) is 61.9 Å². The number of rotatable bonds is 7. The molecule has 0 spiro atoms. The van der Waals surface area contributed by atoms with Crippen molar-refractivity contribution in [1.82, 2.24) is 0 Å². The van der Waals surface area contributed by atoms with Crippen LogP contribution in [0.5, 0.6) is 0 Å².